The van der Waals surface area contributed by atoms with Crippen LogP contribution in [-0.4, -0.2) is 27.6 Å². The molecule has 0 saturated heterocycles. The molecule has 3 N–H and O–H groups in total. The van der Waals surface area contributed by atoms with Crippen molar-refractivity contribution in [2.75, 3.05) is 7.11 Å². The summed E-state index contributed by atoms with van der Waals surface area (Å²) in [5.74, 6) is -0.0327. The Morgan fingerprint density at radius 1 is 1.56 bits per heavy atom. The van der Waals surface area contributed by atoms with Crippen molar-refractivity contribution in [3.05, 3.63) is 16.9 Å². The van der Waals surface area contributed by atoms with Gasteiger partial charge in [-0.15, -0.1) is 0 Å². The summed E-state index contributed by atoms with van der Waals surface area (Å²) in [4.78, 5) is 18.8. The standard InChI is InChI=1S/C11H14N4O2S/c1-11(2,9(12)16)15-8-6(13-10(15)18)4-5-7(14-8)17-3/h4-5H,1-3H3,(H2,12,16)(H,13,18). The Labute approximate surface area is 109 Å². The highest BCUT2D eigenvalue weighted by atomic mass is 32.1. The number of nitrogens with two attached hydrogens (primary N) is 1. The summed E-state index contributed by atoms with van der Waals surface area (Å²) in [5, 5.41) is 0. The molecule has 1 amide bonds. The third kappa shape index (κ3) is 1.76. The second kappa shape index (κ2) is 4.09. The van der Waals surface area contributed by atoms with Gasteiger partial charge in [0.05, 0.1) is 12.6 Å². The van der Waals surface area contributed by atoms with Gasteiger partial charge in [0.25, 0.3) is 0 Å². The van der Waals surface area contributed by atoms with Gasteiger partial charge in [-0.25, -0.2) is 0 Å². The second-order valence-corrected chi connectivity index (χ2v) is 4.80. The molecule has 0 saturated carbocycles. The zero-order valence-corrected chi connectivity index (χ0v) is 11.2. The number of rotatable bonds is 3. The molecule has 0 aliphatic rings. The maximum absolute atomic E-state index is 11.6. The minimum Gasteiger partial charge on any atom is -0.481 e. The zero-order valence-electron chi connectivity index (χ0n) is 10.4. The number of aromatic nitrogens is 3. The SMILES string of the molecule is COc1ccc2[nH]c(=S)n(C(C)(C)C(N)=O)c2n1. The van der Waals surface area contributed by atoms with E-state index in [9.17, 15) is 4.79 Å². The molecule has 0 spiro atoms. The van der Waals surface area contributed by atoms with Crippen LogP contribution in [0.1, 0.15) is 13.8 Å². The lowest BCUT2D eigenvalue weighted by Crippen LogP contribution is -2.41. The number of imidazole rings is 1. The molecule has 0 atom stereocenters. The van der Waals surface area contributed by atoms with Crippen molar-refractivity contribution in [1.29, 1.82) is 0 Å². The number of pyridine rings is 1. The monoisotopic (exact) mass is 266 g/mol. The number of primary amides is 1. The van der Waals surface area contributed by atoms with E-state index < -0.39 is 11.4 Å². The summed E-state index contributed by atoms with van der Waals surface area (Å²) >= 11 is 5.22. The number of H-pyrrole nitrogens is 1. The third-order valence-electron chi connectivity index (χ3n) is 2.88. The van der Waals surface area contributed by atoms with Gasteiger partial charge in [0.1, 0.15) is 5.54 Å². The number of hydrogen-bond donors (Lipinski definition) is 2. The van der Waals surface area contributed by atoms with Crippen molar-refractivity contribution in [3.63, 3.8) is 0 Å². The van der Waals surface area contributed by atoms with Gasteiger partial charge < -0.3 is 15.5 Å². The number of nitrogens with one attached hydrogen (secondary N) is 1. The largest absolute Gasteiger partial charge is 0.481 e. The van der Waals surface area contributed by atoms with E-state index in [0.29, 0.717) is 16.3 Å². The molecule has 2 aromatic rings. The third-order valence-corrected chi connectivity index (χ3v) is 3.16. The maximum Gasteiger partial charge on any atom is 0.243 e. The molecule has 96 valence electrons. The number of carbonyl (C=O) groups is 1. The lowest BCUT2D eigenvalue weighted by molar-refractivity contribution is -0.124. The molecule has 6 nitrogen and oxygen atoms in total. The normalized spacial score (nSPS) is 11.7. The van der Waals surface area contributed by atoms with Gasteiger partial charge in [-0.2, -0.15) is 4.98 Å². The molecule has 0 aliphatic heterocycles. The average molecular weight is 266 g/mol. The molecule has 2 heterocycles. The van der Waals surface area contributed by atoms with Crippen LogP contribution in [0.2, 0.25) is 0 Å². The topological polar surface area (TPSA) is 85.9 Å². The number of amides is 1. The highest BCUT2D eigenvalue weighted by molar-refractivity contribution is 7.71. The maximum atomic E-state index is 11.6. The van der Waals surface area contributed by atoms with Crippen molar-refractivity contribution in [1.82, 2.24) is 14.5 Å². The molecule has 0 aliphatic carbocycles. The number of aromatic amines is 1. The van der Waals surface area contributed by atoms with Crippen LogP contribution in [0.5, 0.6) is 5.88 Å². The van der Waals surface area contributed by atoms with Crippen LogP contribution in [0, 0.1) is 4.77 Å². The summed E-state index contributed by atoms with van der Waals surface area (Å²) < 4.78 is 7.07. The van der Waals surface area contributed by atoms with Crippen LogP contribution < -0.4 is 10.5 Å². The van der Waals surface area contributed by atoms with Gasteiger partial charge in [-0.3, -0.25) is 9.36 Å². The first-order valence-electron chi connectivity index (χ1n) is 5.34. The molecule has 18 heavy (non-hydrogen) atoms. The predicted molar refractivity (Wildman–Crippen MR) is 70.0 cm³/mol. The Balaban J connectivity index is 2.81. The van der Waals surface area contributed by atoms with Crippen molar-refractivity contribution >= 4 is 29.3 Å². The Bertz CT molecular complexity index is 671. The molecular weight excluding hydrogens is 252 g/mol. The molecule has 2 aromatic heterocycles. The van der Waals surface area contributed by atoms with Crippen LogP contribution in [-0.2, 0) is 10.3 Å². The van der Waals surface area contributed by atoms with Gasteiger partial charge in [0, 0.05) is 6.07 Å². The molecule has 0 radical (unpaired) electrons. The molecule has 0 unspecified atom stereocenters. The number of ether oxygens (including phenoxy) is 1. The minimum atomic E-state index is -0.964. The fourth-order valence-corrected chi connectivity index (χ4v) is 2.13. The summed E-state index contributed by atoms with van der Waals surface area (Å²) in [6.45, 7) is 3.39. The fraction of sp³-hybridized carbons (Fsp3) is 0.364. The van der Waals surface area contributed by atoms with Gasteiger partial charge in [-0.05, 0) is 32.1 Å². The summed E-state index contributed by atoms with van der Waals surface area (Å²) in [5.41, 5.74) is 5.73. The van der Waals surface area contributed by atoms with Crippen LogP contribution in [0.4, 0.5) is 0 Å². The number of carbonyl (C=O) groups excluding carboxylic acids is 1. The fourth-order valence-electron chi connectivity index (χ4n) is 1.71. The Hall–Kier alpha value is -1.89. The minimum absolute atomic E-state index is 0.398. The lowest BCUT2D eigenvalue weighted by Gasteiger charge is -2.22. The van der Waals surface area contributed by atoms with Gasteiger partial charge >= 0.3 is 0 Å². The van der Waals surface area contributed by atoms with E-state index in [1.165, 1.54) is 7.11 Å². The van der Waals surface area contributed by atoms with Gasteiger partial charge in [0.2, 0.25) is 11.8 Å². The molecule has 7 heteroatoms. The number of methoxy groups -OCH3 is 1. The van der Waals surface area contributed by atoms with E-state index >= 15 is 0 Å². The van der Waals surface area contributed by atoms with Crippen LogP contribution >= 0.6 is 12.2 Å². The van der Waals surface area contributed by atoms with Crippen LogP contribution in [0.15, 0.2) is 12.1 Å². The van der Waals surface area contributed by atoms with E-state index in [2.05, 4.69) is 9.97 Å². The summed E-state index contributed by atoms with van der Waals surface area (Å²) in [7, 11) is 1.53. The highest BCUT2D eigenvalue weighted by Gasteiger charge is 2.30. The van der Waals surface area contributed by atoms with E-state index in [-0.39, 0.29) is 0 Å². The zero-order chi connectivity index (χ0) is 13.5. The molecule has 0 fully saturated rings. The number of fused-ring (bicyclic) bond motifs is 1. The van der Waals surface area contributed by atoms with E-state index in [4.69, 9.17) is 22.7 Å². The quantitative estimate of drug-likeness (QED) is 0.820. The number of nitrogens with zero attached hydrogens (tertiary/aromatic N) is 2. The first-order chi connectivity index (χ1) is 8.37. The predicted octanol–water partition coefficient (Wildman–Crippen LogP) is 1.32. The van der Waals surface area contributed by atoms with Crippen LogP contribution in [0.3, 0.4) is 0 Å². The molecule has 0 bridgehead atoms. The average Bonchev–Trinajstić information content (AvgIpc) is 2.63. The summed E-state index contributed by atoms with van der Waals surface area (Å²) in [6, 6.07) is 3.51. The van der Waals surface area contributed by atoms with E-state index in [0.717, 1.165) is 5.52 Å². The molecular formula is C11H14N4O2S. The molecule has 2 rings (SSSR count). The smallest absolute Gasteiger partial charge is 0.243 e. The lowest BCUT2D eigenvalue weighted by atomic mass is 10.1. The Morgan fingerprint density at radius 3 is 2.78 bits per heavy atom. The Kier molecular flexibility index (Phi) is 2.86. The highest BCUT2D eigenvalue weighted by Crippen LogP contribution is 2.23. The van der Waals surface area contributed by atoms with E-state index in [1.54, 1.807) is 30.5 Å². The van der Waals surface area contributed by atoms with Crippen LogP contribution in [0.25, 0.3) is 11.2 Å². The Morgan fingerprint density at radius 2 is 2.22 bits per heavy atom. The first-order valence-corrected chi connectivity index (χ1v) is 5.75. The summed E-state index contributed by atoms with van der Waals surface area (Å²) in [6.07, 6.45) is 0. The molecule has 0 aromatic carbocycles. The van der Waals surface area contributed by atoms with Gasteiger partial charge in [0.15, 0.2) is 10.4 Å². The van der Waals surface area contributed by atoms with Crippen molar-refractivity contribution in [3.8, 4) is 5.88 Å². The van der Waals surface area contributed by atoms with Crippen molar-refractivity contribution in [2.24, 2.45) is 5.73 Å². The van der Waals surface area contributed by atoms with Crippen molar-refractivity contribution in [2.45, 2.75) is 19.4 Å². The first kappa shape index (κ1) is 12.6. The number of hydrogen-bond acceptors (Lipinski definition) is 4. The second-order valence-electron chi connectivity index (χ2n) is 4.41. The van der Waals surface area contributed by atoms with Crippen molar-refractivity contribution < 1.29 is 9.53 Å². The van der Waals surface area contributed by atoms with E-state index in [1.807, 2.05) is 0 Å². The van der Waals surface area contributed by atoms with Gasteiger partial charge in [-0.1, -0.05) is 0 Å².